The molecular weight excluding hydrogens is 280 g/mol. The Kier molecular flexibility index (Phi) is 3.65. The zero-order chi connectivity index (χ0) is 5.98. The summed E-state index contributed by atoms with van der Waals surface area (Å²) in [7, 11) is 0. The Labute approximate surface area is 70.5 Å². The topological polar surface area (TPSA) is 0 Å². The van der Waals surface area contributed by atoms with Gasteiger partial charge in [-0.1, -0.05) is 13.0 Å². The van der Waals surface area contributed by atoms with Crippen LogP contribution in [0.3, 0.4) is 0 Å². The van der Waals surface area contributed by atoms with Crippen LogP contribution in [-0.4, -0.2) is 0 Å². The third-order valence-corrected chi connectivity index (χ3v) is 1.08. The van der Waals surface area contributed by atoms with E-state index in [1.807, 2.05) is 12.1 Å². The normalized spacial score (nSPS) is 8.11. The van der Waals surface area contributed by atoms with Crippen molar-refractivity contribution in [1.82, 2.24) is 0 Å². The van der Waals surface area contributed by atoms with Gasteiger partial charge in [0.1, 0.15) is 0 Å². The van der Waals surface area contributed by atoms with Gasteiger partial charge in [-0.3, -0.25) is 0 Å². The van der Waals surface area contributed by atoms with Gasteiger partial charge in [-0.2, -0.15) is 24.6 Å². The quantitative estimate of drug-likeness (QED) is 0.642. The average molecular weight is 289 g/mol. The first kappa shape index (κ1) is 8.78. The van der Waals surface area contributed by atoms with Gasteiger partial charge in [-0.15, -0.1) is 11.6 Å². The van der Waals surface area contributed by atoms with Crippen molar-refractivity contribution in [2.45, 2.75) is 6.92 Å². The Morgan fingerprint density at radius 1 is 1.33 bits per heavy atom. The Balaban J connectivity index is 0.000000640. The number of rotatable bonds is 0. The standard InChI is InChI=1S/C8H9.W/c1-7-4-3-5-8(2)6-7;/h3-6H,1H2,2H3;/q-1;. The van der Waals surface area contributed by atoms with Crippen molar-refractivity contribution in [2.75, 3.05) is 0 Å². The fraction of sp³-hybridized carbons (Fsp3) is 0.125. The van der Waals surface area contributed by atoms with Crippen molar-refractivity contribution in [2.24, 2.45) is 0 Å². The van der Waals surface area contributed by atoms with Crippen molar-refractivity contribution in [3.05, 3.63) is 42.3 Å². The summed E-state index contributed by atoms with van der Waals surface area (Å²) in [6, 6.07) is 8.12. The Bertz CT molecular complexity index is 164. The summed E-state index contributed by atoms with van der Waals surface area (Å²) in [5.41, 5.74) is 2.36. The van der Waals surface area contributed by atoms with Gasteiger partial charge >= 0.3 is 0 Å². The molecule has 1 heteroatoms. The molecule has 0 spiro atoms. The molecule has 0 aliphatic carbocycles. The summed E-state index contributed by atoms with van der Waals surface area (Å²) >= 11 is 0. The maximum Gasteiger partial charge on any atom is 0 e. The maximum atomic E-state index is 3.78. The largest absolute Gasteiger partial charge is 0.199 e. The molecular formula is C8H9W-. The molecule has 0 atom stereocenters. The summed E-state index contributed by atoms with van der Waals surface area (Å²) in [5.74, 6) is 0. The third-order valence-electron chi connectivity index (χ3n) is 1.08. The molecule has 0 aliphatic heterocycles. The Morgan fingerprint density at radius 2 is 2.00 bits per heavy atom. The maximum absolute atomic E-state index is 3.78. The van der Waals surface area contributed by atoms with Gasteiger partial charge in [-0.05, 0) is 0 Å². The van der Waals surface area contributed by atoms with Crippen LogP contribution in [-0.2, 0) is 21.1 Å². The van der Waals surface area contributed by atoms with Crippen LogP contribution in [0.4, 0.5) is 0 Å². The van der Waals surface area contributed by atoms with Crippen LogP contribution in [0.15, 0.2) is 24.3 Å². The fourth-order valence-corrected chi connectivity index (χ4v) is 0.712. The third kappa shape index (κ3) is 2.72. The molecule has 1 rings (SSSR count). The van der Waals surface area contributed by atoms with Crippen molar-refractivity contribution in [3.63, 3.8) is 0 Å². The van der Waals surface area contributed by atoms with Gasteiger partial charge in [0.05, 0.1) is 0 Å². The van der Waals surface area contributed by atoms with Gasteiger partial charge in [-0.25, -0.2) is 0 Å². The van der Waals surface area contributed by atoms with E-state index < -0.39 is 0 Å². The molecule has 0 saturated carbocycles. The molecule has 9 heavy (non-hydrogen) atoms. The van der Waals surface area contributed by atoms with Crippen LogP contribution in [0.2, 0.25) is 0 Å². The van der Waals surface area contributed by atoms with Crippen molar-refractivity contribution in [1.29, 1.82) is 0 Å². The van der Waals surface area contributed by atoms with Crippen LogP contribution in [0.25, 0.3) is 0 Å². The molecule has 48 valence electrons. The van der Waals surface area contributed by atoms with E-state index in [2.05, 4.69) is 26.0 Å². The number of aryl methyl sites for hydroxylation is 1. The second kappa shape index (κ2) is 3.74. The molecule has 0 nitrogen and oxygen atoms in total. The molecule has 0 unspecified atom stereocenters. The molecule has 0 N–H and O–H groups in total. The summed E-state index contributed by atoms with van der Waals surface area (Å²) in [5, 5.41) is 0. The minimum absolute atomic E-state index is 0. The van der Waals surface area contributed by atoms with Gasteiger partial charge in [0.15, 0.2) is 0 Å². The van der Waals surface area contributed by atoms with E-state index in [1.165, 1.54) is 5.56 Å². The first-order valence-corrected chi connectivity index (χ1v) is 2.67. The smallest absolute Gasteiger partial charge is 0 e. The molecule has 0 aromatic heterocycles. The Morgan fingerprint density at radius 3 is 2.33 bits per heavy atom. The van der Waals surface area contributed by atoms with E-state index in [9.17, 15) is 0 Å². The van der Waals surface area contributed by atoms with E-state index in [1.54, 1.807) is 0 Å². The molecule has 1 aromatic rings. The van der Waals surface area contributed by atoms with Crippen LogP contribution < -0.4 is 0 Å². The predicted molar refractivity (Wildman–Crippen MR) is 35.6 cm³/mol. The Hall–Kier alpha value is -0.222. The van der Waals surface area contributed by atoms with E-state index in [4.69, 9.17) is 0 Å². The number of benzene rings is 1. The summed E-state index contributed by atoms with van der Waals surface area (Å²) in [6.07, 6.45) is 0. The second-order valence-corrected chi connectivity index (χ2v) is 1.99. The predicted octanol–water partition coefficient (Wildman–Crippen LogP) is 2.17. The number of hydrogen-bond donors (Lipinski definition) is 0. The van der Waals surface area contributed by atoms with Crippen LogP contribution in [0, 0.1) is 13.8 Å². The molecule has 0 saturated heterocycles. The monoisotopic (exact) mass is 289 g/mol. The minimum Gasteiger partial charge on any atom is -0.199 e. The summed E-state index contributed by atoms with van der Waals surface area (Å²) in [6.45, 7) is 5.85. The van der Waals surface area contributed by atoms with Crippen LogP contribution >= 0.6 is 0 Å². The van der Waals surface area contributed by atoms with E-state index in [0.717, 1.165) is 5.56 Å². The molecule has 0 amide bonds. The zero-order valence-electron chi connectivity index (χ0n) is 5.42. The van der Waals surface area contributed by atoms with Crippen molar-refractivity contribution < 1.29 is 21.1 Å². The van der Waals surface area contributed by atoms with E-state index in [-0.39, 0.29) is 21.1 Å². The summed E-state index contributed by atoms with van der Waals surface area (Å²) in [4.78, 5) is 0. The molecule has 0 radical (unpaired) electrons. The van der Waals surface area contributed by atoms with Crippen LogP contribution in [0.1, 0.15) is 11.1 Å². The molecule has 0 aliphatic rings. The second-order valence-electron chi connectivity index (χ2n) is 1.99. The zero-order valence-corrected chi connectivity index (χ0v) is 8.36. The minimum atomic E-state index is 0. The molecule has 0 fully saturated rings. The average Bonchev–Trinajstić information content (AvgIpc) is 1.64. The van der Waals surface area contributed by atoms with Gasteiger partial charge < -0.3 is 0 Å². The first-order valence-electron chi connectivity index (χ1n) is 2.67. The van der Waals surface area contributed by atoms with Crippen molar-refractivity contribution in [3.8, 4) is 0 Å². The van der Waals surface area contributed by atoms with E-state index >= 15 is 0 Å². The molecule has 0 heterocycles. The van der Waals surface area contributed by atoms with Gasteiger partial charge in [0.2, 0.25) is 0 Å². The SMILES string of the molecule is [CH2-]c1cccc(C)c1.[W]. The number of hydrogen-bond acceptors (Lipinski definition) is 0. The summed E-state index contributed by atoms with van der Waals surface area (Å²) < 4.78 is 0. The molecule has 1 aromatic carbocycles. The van der Waals surface area contributed by atoms with E-state index in [0.29, 0.717) is 0 Å². The fourth-order valence-electron chi connectivity index (χ4n) is 0.712. The van der Waals surface area contributed by atoms with Gasteiger partial charge in [0.25, 0.3) is 0 Å². The first-order chi connectivity index (χ1) is 3.79. The molecule has 0 bridgehead atoms. The van der Waals surface area contributed by atoms with Gasteiger partial charge in [0, 0.05) is 21.1 Å². The van der Waals surface area contributed by atoms with Crippen molar-refractivity contribution >= 4 is 0 Å². The van der Waals surface area contributed by atoms with Crippen LogP contribution in [0.5, 0.6) is 0 Å².